The minimum absolute atomic E-state index is 0.0996. The van der Waals surface area contributed by atoms with E-state index in [2.05, 4.69) is 5.32 Å². The summed E-state index contributed by atoms with van der Waals surface area (Å²) in [7, 11) is 0. The summed E-state index contributed by atoms with van der Waals surface area (Å²) >= 11 is 0. The maximum atomic E-state index is 11.2. The van der Waals surface area contributed by atoms with Crippen LogP contribution in [-0.4, -0.2) is 36.7 Å². The molecule has 0 aliphatic heterocycles. The van der Waals surface area contributed by atoms with Gasteiger partial charge in [0.05, 0.1) is 0 Å². The van der Waals surface area contributed by atoms with Crippen LogP contribution in [0, 0.1) is 5.92 Å². The lowest BCUT2D eigenvalue weighted by molar-refractivity contribution is -0.137. The average Bonchev–Trinajstić information content (AvgIpc) is 2.30. The van der Waals surface area contributed by atoms with Crippen molar-refractivity contribution in [3.63, 3.8) is 0 Å². The van der Waals surface area contributed by atoms with E-state index in [1.54, 1.807) is 0 Å². The van der Waals surface area contributed by atoms with Crippen LogP contribution in [-0.2, 0) is 14.3 Å². The number of ether oxygens (including phenoxy) is 1. The zero-order chi connectivity index (χ0) is 13.1. The van der Waals surface area contributed by atoms with Crippen molar-refractivity contribution in [2.24, 2.45) is 5.92 Å². The molecule has 5 heteroatoms. The lowest BCUT2D eigenvalue weighted by Gasteiger charge is -2.13. The number of hydrogen-bond donors (Lipinski definition) is 2. The van der Waals surface area contributed by atoms with Crippen molar-refractivity contribution in [3.05, 3.63) is 0 Å². The molecule has 0 heterocycles. The van der Waals surface area contributed by atoms with Crippen LogP contribution in [0.2, 0.25) is 0 Å². The molecule has 5 nitrogen and oxygen atoms in total. The summed E-state index contributed by atoms with van der Waals surface area (Å²) in [5.41, 5.74) is 0. The normalized spacial score (nSPS) is 12.1. The van der Waals surface area contributed by atoms with Gasteiger partial charge in [-0.15, -0.1) is 0 Å². The van der Waals surface area contributed by atoms with Gasteiger partial charge in [-0.25, -0.2) is 0 Å². The molecule has 17 heavy (non-hydrogen) atoms. The Kier molecular flexibility index (Phi) is 9.43. The van der Waals surface area contributed by atoms with E-state index < -0.39 is 5.97 Å². The van der Waals surface area contributed by atoms with E-state index in [1.165, 1.54) is 0 Å². The Morgan fingerprint density at radius 1 is 1.29 bits per heavy atom. The molecule has 1 unspecified atom stereocenters. The van der Waals surface area contributed by atoms with Gasteiger partial charge in [0.25, 0.3) is 0 Å². The average molecular weight is 245 g/mol. The van der Waals surface area contributed by atoms with Gasteiger partial charge in [0.15, 0.2) is 0 Å². The van der Waals surface area contributed by atoms with E-state index in [1.807, 2.05) is 13.8 Å². The molecule has 0 bridgehead atoms. The summed E-state index contributed by atoms with van der Waals surface area (Å²) < 4.78 is 4.97. The van der Waals surface area contributed by atoms with Gasteiger partial charge in [-0.2, -0.15) is 0 Å². The standard InChI is InChI=1S/C12H23NO4/c1-3-10(5-6-12(15)16)7-8-13-11(14)9-17-4-2/h10H,3-9H2,1-2H3,(H,13,14)(H,15,16). The van der Waals surface area contributed by atoms with Gasteiger partial charge in [0, 0.05) is 19.6 Å². The maximum absolute atomic E-state index is 11.2. The Morgan fingerprint density at radius 2 is 2.00 bits per heavy atom. The molecule has 0 saturated carbocycles. The summed E-state index contributed by atoms with van der Waals surface area (Å²) in [6.45, 7) is 5.09. The highest BCUT2D eigenvalue weighted by molar-refractivity contribution is 5.77. The fourth-order valence-electron chi connectivity index (χ4n) is 1.54. The molecule has 0 aliphatic rings. The molecule has 2 N–H and O–H groups in total. The molecule has 0 spiro atoms. The van der Waals surface area contributed by atoms with E-state index in [0.29, 0.717) is 25.5 Å². The largest absolute Gasteiger partial charge is 0.481 e. The summed E-state index contributed by atoms with van der Waals surface area (Å²) in [6.07, 6.45) is 2.63. The van der Waals surface area contributed by atoms with Crippen molar-refractivity contribution >= 4 is 11.9 Å². The van der Waals surface area contributed by atoms with Crippen molar-refractivity contribution in [1.82, 2.24) is 5.32 Å². The second kappa shape index (κ2) is 10.1. The number of carboxylic acids is 1. The molecule has 0 fully saturated rings. The van der Waals surface area contributed by atoms with Crippen LogP contribution in [0.15, 0.2) is 0 Å². The van der Waals surface area contributed by atoms with Crippen molar-refractivity contribution in [2.45, 2.75) is 39.5 Å². The quantitative estimate of drug-likeness (QED) is 0.610. The number of aliphatic carboxylic acids is 1. The minimum Gasteiger partial charge on any atom is -0.481 e. The van der Waals surface area contributed by atoms with E-state index in [4.69, 9.17) is 9.84 Å². The third-order valence-electron chi connectivity index (χ3n) is 2.66. The van der Waals surface area contributed by atoms with Crippen molar-refractivity contribution in [3.8, 4) is 0 Å². The molecular weight excluding hydrogens is 222 g/mol. The van der Waals surface area contributed by atoms with Crippen LogP contribution < -0.4 is 5.32 Å². The lowest BCUT2D eigenvalue weighted by Crippen LogP contribution is -2.29. The number of amides is 1. The highest BCUT2D eigenvalue weighted by Crippen LogP contribution is 2.14. The molecule has 1 atom stereocenters. The number of nitrogens with one attached hydrogen (secondary N) is 1. The van der Waals surface area contributed by atoms with Gasteiger partial charge >= 0.3 is 5.97 Å². The summed E-state index contributed by atoms with van der Waals surface area (Å²) in [6, 6.07) is 0. The number of carboxylic acid groups (broad SMARTS) is 1. The zero-order valence-corrected chi connectivity index (χ0v) is 10.7. The second-order valence-corrected chi connectivity index (χ2v) is 3.98. The number of carbonyl (C=O) groups excluding carboxylic acids is 1. The number of rotatable bonds is 10. The Labute approximate surface area is 103 Å². The summed E-state index contributed by atoms with van der Waals surface area (Å²) in [4.78, 5) is 21.6. The van der Waals surface area contributed by atoms with Crippen LogP contribution >= 0.6 is 0 Å². The smallest absolute Gasteiger partial charge is 0.303 e. The van der Waals surface area contributed by atoms with Gasteiger partial charge < -0.3 is 15.2 Å². The van der Waals surface area contributed by atoms with E-state index in [-0.39, 0.29) is 18.9 Å². The van der Waals surface area contributed by atoms with Crippen molar-refractivity contribution in [1.29, 1.82) is 0 Å². The first-order chi connectivity index (χ1) is 8.10. The van der Waals surface area contributed by atoms with Gasteiger partial charge in [-0.3, -0.25) is 9.59 Å². The van der Waals surface area contributed by atoms with E-state index >= 15 is 0 Å². The molecule has 0 aromatic carbocycles. The van der Waals surface area contributed by atoms with Gasteiger partial charge in [0.2, 0.25) is 5.91 Å². The fraction of sp³-hybridized carbons (Fsp3) is 0.833. The Morgan fingerprint density at radius 3 is 2.53 bits per heavy atom. The maximum Gasteiger partial charge on any atom is 0.303 e. The Bertz CT molecular complexity index is 231. The number of hydrogen-bond acceptors (Lipinski definition) is 3. The zero-order valence-electron chi connectivity index (χ0n) is 10.7. The molecule has 0 aromatic heterocycles. The van der Waals surface area contributed by atoms with Crippen LogP contribution in [0.3, 0.4) is 0 Å². The van der Waals surface area contributed by atoms with Crippen LogP contribution in [0.1, 0.15) is 39.5 Å². The first kappa shape index (κ1) is 15.9. The predicted molar refractivity (Wildman–Crippen MR) is 64.8 cm³/mol. The third kappa shape index (κ3) is 9.81. The van der Waals surface area contributed by atoms with Gasteiger partial charge in [-0.1, -0.05) is 13.3 Å². The highest BCUT2D eigenvalue weighted by Gasteiger charge is 2.09. The number of carbonyl (C=O) groups is 2. The molecule has 0 aromatic rings. The molecule has 1 amide bonds. The minimum atomic E-state index is -0.760. The van der Waals surface area contributed by atoms with E-state index in [9.17, 15) is 9.59 Å². The molecular formula is C12H23NO4. The Hall–Kier alpha value is -1.10. The Balaban J connectivity index is 3.61. The first-order valence-corrected chi connectivity index (χ1v) is 6.16. The highest BCUT2D eigenvalue weighted by atomic mass is 16.5. The van der Waals surface area contributed by atoms with Crippen molar-refractivity contribution < 1.29 is 19.4 Å². The second-order valence-electron chi connectivity index (χ2n) is 3.98. The molecule has 0 aliphatic carbocycles. The van der Waals surface area contributed by atoms with Crippen molar-refractivity contribution in [2.75, 3.05) is 19.8 Å². The summed E-state index contributed by atoms with van der Waals surface area (Å²) in [5.74, 6) is -0.512. The summed E-state index contributed by atoms with van der Waals surface area (Å²) in [5, 5.41) is 11.3. The van der Waals surface area contributed by atoms with E-state index in [0.717, 1.165) is 12.8 Å². The molecule has 0 rings (SSSR count). The molecule has 100 valence electrons. The van der Waals surface area contributed by atoms with Crippen LogP contribution in [0.4, 0.5) is 0 Å². The topological polar surface area (TPSA) is 75.6 Å². The van der Waals surface area contributed by atoms with Gasteiger partial charge in [0.1, 0.15) is 6.61 Å². The van der Waals surface area contributed by atoms with Crippen LogP contribution in [0.25, 0.3) is 0 Å². The SMILES string of the molecule is CCOCC(=O)NCCC(CC)CCC(=O)O. The predicted octanol–water partition coefficient (Wildman–Crippen LogP) is 1.42. The third-order valence-corrected chi connectivity index (χ3v) is 2.66. The fourth-order valence-corrected chi connectivity index (χ4v) is 1.54. The van der Waals surface area contributed by atoms with Crippen LogP contribution in [0.5, 0.6) is 0 Å². The lowest BCUT2D eigenvalue weighted by atomic mass is 9.97. The monoisotopic (exact) mass is 245 g/mol. The molecule has 0 radical (unpaired) electrons. The van der Waals surface area contributed by atoms with Gasteiger partial charge in [-0.05, 0) is 25.7 Å². The first-order valence-electron chi connectivity index (χ1n) is 6.16. The molecule has 0 saturated heterocycles.